The molecule has 2 rings (SSSR count). The largest absolute Gasteiger partial charge is 0.396 e. The van der Waals surface area contributed by atoms with Crippen molar-refractivity contribution < 1.29 is 9.90 Å². The minimum Gasteiger partial charge on any atom is -0.396 e. The van der Waals surface area contributed by atoms with Crippen molar-refractivity contribution >= 4 is 28.4 Å². The normalized spacial score (nSPS) is 14.0. The standard InChI is InChI=1S/C15H17ClN2O2/c1-9(8-19)10(2)18-15(20)13-7-12(16)6-11-4-3-5-17-14(11)13/h3-7,9-10,19H,8H2,1-2H3,(H,18,20). The van der Waals surface area contributed by atoms with Crippen molar-refractivity contribution in [3.05, 3.63) is 41.0 Å². The van der Waals surface area contributed by atoms with Gasteiger partial charge in [0.15, 0.2) is 0 Å². The van der Waals surface area contributed by atoms with Gasteiger partial charge in [-0.15, -0.1) is 0 Å². The van der Waals surface area contributed by atoms with E-state index in [9.17, 15) is 4.79 Å². The molecule has 1 amide bonds. The van der Waals surface area contributed by atoms with E-state index < -0.39 is 0 Å². The van der Waals surface area contributed by atoms with Crippen LogP contribution in [0.3, 0.4) is 0 Å². The summed E-state index contributed by atoms with van der Waals surface area (Å²) in [7, 11) is 0. The van der Waals surface area contributed by atoms with Crippen molar-refractivity contribution in [2.45, 2.75) is 19.9 Å². The third kappa shape index (κ3) is 3.08. The number of aliphatic hydroxyl groups is 1. The molecule has 0 saturated heterocycles. The predicted molar refractivity (Wildman–Crippen MR) is 79.9 cm³/mol. The molecule has 1 heterocycles. The van der Waals surface area contributed by atoms with Crippen LogP contribution < -0.4 is 5.32 Å². The van der Waals surface area contributed by atoms with Crippen molar-refractivity contribution in [2.24, 2.45) is 5.92 Å². The summed E-state index contributed by atoms with van der Waals surface area (Å²) in [4.78, 5) is 16.6. The minimum absolute atomic E-state index is 0.0163. The lowest BCUT2D eigenvalue weighted by Gasteiger charge is -2.19. The van der Waals surface area contributed by atoms with E-state index in [1.807, 2.05) is 19.9 Å². The van der Waals surface area contributed by atoms with Crippen LogP contribution in [-0.2, 0) is 0 Å². The first kappa shape index (κ1) is 14.8. The second kappa shape index (κ2) is 6.20. The Hall–Kier alpha value is -1.65. The fourth-order valence-electron chi connectivity index (χ4n) is 1.91. The number of rotatable bonds is 4. The maximum absolute atomic E-state index is 12.4. The van der Waals surface area contributed by atoms with E-state index in [4.69, 9.17) is 16.7 Å². The zero-order chi connectivity index (χ0) is 14.7. The van der Waals surface area contributed by atoms with Gasteiger partial charge in [-0.25, -0.2) is 0 Å². The number of carbonyl (C=O) groups excluding carboxylic acids is 1. The Morgan fingerprint density at radius 2 is 2.20 bits per heavy atom. The molecule has 2 atom stereocenters. The summed E-state index contributed by atoms with van der Waals surface area (Å²) in [6.07, 6.45) is 1.65. The van der Waals surface area contributed by atoms with Crippen LogP contribution >= 0.6 is 11.6 Å². The fourth-order valence-corrected chi connectivity index (χ4v) is 2.14. The Labute approximate surface area is 122 Å². The number of aromatic nitrogens is 1. The van der Waals surface area contributed by atoms with Gasteiger partial charge < -0.3 is 10.4 Å². The zero-order valence-corrected chi connectivity index (χ0v) is 12.2. The number of nitrogens with one attached hydrogen (secondary N) is 1. The molecule has 106 valence electrons. The van der Waals surface area contributed by atoms with E-state index in [2.05, 4.69) is 10.3 Å². The summed E-state index contributed by atoms with van der Waals surface area (Å²) in [5.41, 5.74) is 1.07. The summed E-state index contributed by atoms with van der Waals surface area (Å²) >= 11 is 6.05. The van der Waals surface area contributed by atoms with Gasteiger partial charge in [0, 0.05) is 29.3 Å². The van der Waals surface area contributed by atoms with Gasteiger partial charge in [0.25, 0.3) is 5.91 Å². The number of pyridine rings is 1. The molecule has 0 bridgehead atoms. The highest BCUT2D eigenvalue weighted by Crippen LogP contribution is 2.22. The molecule has 0 fully saturated rings. The van der Waals surface area contributed by atoms with Crippen molar-refractivity contribution in [1.82, 2.24) is 10.3 Å². The van der Waals surface area contributed by atoms with Crippen molar-refractivity contribution in [3.8, 4) is 0 Å². The summed E-state index contributed by atoms with van der Waals surface area (Å²) in [5, 5.41) is 13.3. The Morgan fingerprint density at radius 1 is 1.45 bits per heavy atom. The average molecular weight is 293 g/mol. The van der Waals surface area contributed by atoms with Crippen LogP contribution in [0.4, 0.5) is 0 Å². The lowest BCUT2D eigenvalue weighted by Crippen LogP contribution is -2.38. The van der Waals surface area contributed by atoms with Crippen LogP contribution in [0, 0.1) is 5.92 Å². The number of hydrogen-bond donors (Lipinski definition) is 2. The molecule has 1 aromatic heterocycles. The van der Waals surface area contributed by atoms with Gasteiger partial charge in [-0.3, -0.25) is 9.78 Å². The molecule has 0 spiro atoms. The number of hydrogen-bond acceptors (Lipinski definition) is 3. The summed E-state index contributed by atoms with van der Waals surface area (Å²) < 4.78 is 0. The molecule has 5 heteroatoms. The average Bonchev–Trinajstić information content (AvgIpc) is 2.45. The molecule has 2 aromatic rings. The van der Waals surface area contributed by atoms with Gasteiger partial charge in [-0.05, 0) is 31.0 Å². The van der Waals surface area contributed by atoms with Crippen molar-refractivity contribution in [3.63, 3.8) is 0 Å². The molecule has 0 saturated carbocycles. The molecule has 2 N–H and O–H groups in total. The SMILES string of the molecule is CC(CO)C(C)NC(=O)c1cc(Cl)cc2cccnc12. The first-order valence-electron chi connectivity index (χ1n) is 6.49. The fraction of sp³-hybridized carbons (Fsp3) is 0.333. The highest BCUT2D eigenvalue weighted by Gasteiger charge is 2.17. The Kier molecular flexibility index (Phi) is 4.57. The number of carbonyl (C=O) groups is 1. The quantitative estimate of drug-likeness (QED) is 0.910. The Bertz CT molecular complexity index is 630. The summed E-state index contributed by atoms with van der Waals surface area (Å²) in [5.74, 6) is -0.249. The lowest BCUT2D eigenvalue weighted by atomic mass is 10.0. The van der Waals surface area contributed by atoms with E-state index in [1.54, 1.807) is 24.4 Å². The third-order valence-electron chi connectivity index (χ3n) is 3.41. The van der Waals surface area contributed by atoms with Crippen LogP contribution in [0.5, 0.6) is 0 Å². The third-order valence-corrected chi connectivity index (χ3v) is 3.63. The van der Waals surface area contributed by atoms with Crippen LogP contribution in [0.15, 0.2) is 30.5 Å². The maximum Gasteiger partial charge on any atom is 0.253 e. The van der Waals surface area contributed by atoms with Gasteiger partial charge in [0.1, 0.15) is 0 Å². The number of aliphatic hydroxyl groups excluding tert-OH is 1. The predicted octanol–water partition coefficient (Wildman–Crippen LogP) is 2.63. The second-order valence-corrected chi connectivity index (χ2v) is 5.39. The van der Waals surface area contributed by atoms with Gasteiger partial charge in [0.2, 0.25) is 0 Å². The van der Waals surface area contributed by atoms with Crippen molar-refractivity contribution in [1.29, 1.82) is 0 Å². The summed E-state index contributed by atoms with van der Waals surface area (Å²) in [6.45, 7) is 3.76. The molecule has 1 aromatic carbocycles. The number of nitrogens with zero attached hydrogens (tertiary/aromatic N) is 1. The van der Waals surface area contributed by atoms with E-state index in [-0.39, 0.29) is 24.5 Å². The van der Waals surface area contributed by atoms with Gasteiger partial charge in [-0.1, -0.05) is 24.6 Å². The highest BCUT2D eigenvalue weighted by molar-refractivity contribution is 6.32. The maximum atomic E-state index is 12.4. The molecule has 0 radical (unpaired) electrons. The first-order valence-corrected chi connectivity index (χ1v) is 6.86. The van der Waals surface area contributed by atoms with E-state index in [0.29, 0.717) is 16.1 Å². The highest BCUT2D eigenvalue weighted by atomic mass is 35.5. The molecular formula is C15H17ClN2O2. The molecule has 20 heavy (non-hydrogen) atoms. The van der Waals surface area contributed by atoms with Crippen LogP contribution in [-0.4, -0.2) is 28.6 Å². The zero-order valence-electron chi connectivity index (χ0n) is 11.4. The Morgan fingerprint density at radius 3 is 2.90 bits per heavy atom. The lowest BCUT2D eigenvalue weighted by molar-refractivity contribution is 0.0918. The minimum atomic E-state index is -0.232. The molecule has 2 unspecified atom stereocenters. The van der Waals surface area contributed by atoms with Gasteiger partial charge in [-0.2, -0.15) is 0 Å². The van der Waals surface area contributed by atoms with E-state index >= 15 is 0 Å². The van der Waals surface area contributed by atoms with Gasteiger partial charge >= 0.3 is 0 Å². The van der Waals surface area contributed by atoms with Gasteiger partial charge in [0.05, 0.1) is 11.1 Å². The van der Waals surface area contributed by atoms with Crippen LogP contribution in [0.2, 0.25) is 5.02 Å². The molecular weight excluding hydrogens is 276 g/mol. The number of amides is 1. The number of fused-ring (bicyclic) bond motifs is 1. The first-order chi connectivity index (χ1) is 9.52. The molecule has 4 nitrogen and oxygen atoms in total. The number of benzene rings is 1. The van der Waals surface area contributed by atoms with Crippen LogP contribution in [0.1, 0.15) is 24.2 Å². The topological polar surface area (TPSA) is 62.2 Å². The van der Waals surface area contributed by atoms with Crippen LogP contribution in [0.25, 0.3) is 10.9 Å². The second-order valence-electron chi connectivity index (χ2n) is 4.95. The van der Waals surface area contributed by atoms with E-state index in [1.165, 1.54) is 0 Å². The molecule has 0 aliphatic rings. The molecule has 0 aliphatic carbocycles. The number of halogens is 1. The monoisotopic (exact) mass is 292 g/mol. The van der Waals surface area contributed by atoms with E-state index in [0.717, 1.165) is 5.39 Å². The summed E-state index contributed by atoms with van der Waals surface area (Å²) in [6, 6.07) is 6.93. The Balaban J connectivity index is 2.35. The smallest absolute Gasteiger partial charge is 0.253 e. The molecule has 0 aliphatic heterocycles. The van der Waals surface area contributed by atoms with Crippen molar-refractivity contribution in [2.75, 3.05) is 6.61 Å².